The van der Waals surface area contributed by atoms with Crippen LogP contribution >= 0.6 is 0 Å². The first-order valence-electron chi connectivity index (χ1n) is 12.4. The van der Waals surface area contributed by atoms with Crippen molar-refractivity contribution in [2.45, 2.75) is 83.2 Å². The largest absolute Gasteiger partial charge is 0.546 e. The first kappa shape index (κ1) is 21.9. The van der Waals surface area contributed by atoms with E-state index in [2.05, 4.69) is 51.0 Å². The molecule has 1 aromatic heterocycles. The molecule has 4 aliphatic carbocycles. The van der Waals surface area contributed by atoms with Crippen molar-refractivity contribution >= 4 is 15.3 Å². The number of pyridine rings is 1. The maximum atomic E-state index is 11.2. The fourth-order valence-corrected chi connectivity index (χ4v) is 8.06. The summed E-state index contributed by atoms with van der Waals surface area (Å²) in [6, 6.07) is 8.43. The molecule has 0 radical (unpaired) electrons. The van der Waals surface area contributed by atoms with Gasteiger partial charge in [-0.3, -0.25) is 9.78 Å². The predicted octanol–water partition coefficient (Wildman–Crippen LogP) is 6.69. The summed E-state index contributed by atoms with van der Waals surface area (Å²) in [6.07, 6.45) is 10.8. The second-order valence-electron chi connectivity index (χ2n) is 12.1. The lowest BCUT2D eigenvalue weighted by Crippen LogP contribution is -2.49. The quantitative estimate of drug-likeness (QED) is 0.379. The van der Waals surface area contributed by atoms with Crippen molar-refractivity contribution < 1.29 is 9.22 Å². The molecule has 32 heavy (non-hydrogen) atoms. The van der Waals surface area contributed by atoms with E-state index in [1.54, 1.807) is 6.20 Å². The van der Waals surface area contributed by atoms with Gasteiger partial charge in [-0.15, -0.1) is 0 Å². The molecule has 170 valence electrons. The average molecular weight is 448 g/mol. The van der Waals surface area contributed by atoms with Crippen LogP contribution in [-0.2, 0) is 10.8 Å². The Kier molecular flexibility index (Phi) is 5.35. The first-order valence-corrected chi connectivity index (χ1v) is 15.2. The molecule has 3 nitrogen and oxygen atoms in total. The molecule has 2 aromatic rings. The van der Waals surface area contributed by atoms with Crippen LogP contribution in [0.25, 0.3) is 11.3 Å². The number of benzene rings is 1. The Morgan fingerprint density at radius 3 is 2.09 bits per heavy atom. The van der Waals surface area contributed by atoms with E-state index < -0.39 is 9.04 Å². The zero-order valence-corrected chi connectivity index (χ0v) is 21.4. The topological polar surface area (TPSA) is 39.2 Å². The summed E-state index contributed by atoms with van der Waals surface area (Å²) in [5.74, 6) is 3.75. The van der Waals surface area contributed by atoms with E-state index in [4.69, 9.17) is 4.43 Å². The number of hydrogen-bond acceptors (Lipinski definition) is 3. The second kappa shape index (κ2) is 7.83. The molecule has 0 saturated heterocycles. The third-order valence-corrected chi connectivity index (χ3v) is 8.79. The molecule has 4 saturated carbocycles. The lowest BCUT2D eigenvalue weighted by Gasteiger charge is -2.58. The summed E-state index contributed by atoms with van der Waals surface area (Å²) in [6.45, 7) is 11.6. The molecule has 0 N–H and O–H groups in total. The van der Waals surface area contributed by atoms with Gasteiger partial charge in [-0.05, 0) is 98.6 Å². The highest BCUT2D eigenvalue weighted by atomic mass is 28.3. The summed E-state index contributed by atoms with van der Waals surface area (Å²) >= 11 is 0. The van der Waals surface area contributed by atoms with Crippen molar-refractivity contribution in [3.8, 4) is 17.0 Å². The van der Waals surface area contributed by atoms with Gasteiger partial charge in [0.2, 0.25) is 9.04 Å². The smallest absolute Gasteiger partial charge is 0.229 e. The van der Waals surface area contributed by atoms with Gasteiger partial charge in [0, 0.05) is 28.3 Å². The minimum Gasteiger partial charge on any atom is -0.546 e. The molecule has 6 rings (SSSR count). The van der Waals surface area contributed by atoms with Crippen molar-refractivity contribution in [2.24, 2.45) is 17.8 Å². The Labute approximate surface area is 194 Å². The SMILES string of the molecule is C[SiH](C)Oc1c(-c2ccc(C=O)cn2)ccc(C(C)(C)C)c1C12CC3CC(CC(C3)C1)C2. The zero-order chi connectivity index (χ0) is 22.7. The minimum atomic E-state index is -1.35. The molecular weight excluding hydrogens is 410 g/mol. The van der Waals surface area contributed by atoms with Gasteiger partial charge in [0.25, 0.3) is 0 Å². The lowest BCUT2D eigenvalue weighted by molar-refractivity contribution is -0.00654. The summed E-state index contributed by atoms with van der Waals surface area (Å²) in [5, 5.41) is 0. The van der Waals surface area contributed by atoms with Gasteiger partial charge in [0.1, 0.15) is 5.75 Å². The van der Waals surface area contributed by atoms with Crippen molar-refractivity contribution in [3.63, 3.8) is 0 Å². The van der Waals surface area contributed by atoms with E-state index in [0.717, 1.165) is 41.0 Å². The predicted molar refractivity (Wildman–Crippen MR) is 133 cm³/mol. The molecule has 1 heterocycles. The Morgan fingerprint density at radius 2 is 1.62 bits per heavy atom. The Morgan fingerprint density at radius 1 is 1.00 bits per heavy atom. The van der Waals surface area contributed by atoms with Crippen molar-refractivity contribution in [1.29, 1.82) is 0 Å². The molecule has 0 amide bonds. The van der Waals surface area contributed by atoms with Gasteiger partial charge in [-0.1, -0.05) is 26.8 Å². The Balaban J connectivity index is 1.75. The van der Waals surface area contributed by atoms with Crippen LogP contribution in [0.2, 0.25) is 13.1 Å². The molecule has 1 aromatic carbocycles. The van der Waals surface area contributed by atoms with Crippen LogP contribution in [0, 0.1) is 17.8 Å². The van der Waals surface area contributed by atoms with E-state index in [1.807, 2.05) is 12.1 Å². The molecule has 0 atom stereocenters. The third-order valence-electron chi connectivity index (χ3n) is 8.09. The molecule has 4 aliphatic rings. The standard InChI is InChI=1S/C28H37NO2Si/c1-27(2,3)23-8-7-22(24-9-6-18(17-30)16-29-24)26(31-32(4)5)25(23)28-13-19-10-20(14-28)12-21(11-19)15-28/h6-9,16-17,19-21,32H,10-15H2,1-5H3. The number of aromatic nitrogens is 1. The van der Waals surface area contributed by atoms with Crippen LogP contribution in [0.5, 0.6) is 5.75 Å². The molecular formula is C28H37NO2Si. The van der Waals surface area contributed by atoms with E-state index in [-0.39, 0.29) is 10.8 Å². The molecule has 0 unspecified atom stereocenters. The zero-order valence-electron chi connectivity index (χ0n) is 20.3. The van der Waals surface area contributed by atoms with Gasteiger partial charge in [0.15, 0.2) is 6.29 Å². The van der Waals surface area contributed by atoms with Gasteiger partial charge in [-0.25, -0.2) is 0 Å². The minimum absolute atomic E-state index is 0.0582. The highest BCUT2D eigenvalue weighted by Gasteiger charge is 2.54. The van der Waals surface area contributed by atoms with Crippen molar-refractivity contribution in [1.82, 2.24) is 4.98 Å². The average Bonchev–Trinajstić information content (AvgIpc) is 2.71. The summed E-state index contributed by atoms with van der Waals surface area (Å²) in [7, 11) is -1.35. The highest BCUT2D eigenvalue weighted by molar-refractivity contribution is 6.49. The molecule has 0 aliphatic heterocycles. The number of aldehydes is 1. The van der Waals surface area contributed by atoms with Gasteiger partial charge in [0.05, 0.1) is 5.69 Å². The molecule has 4 bridgehead atoms. The van der Waals surface area contributed by atoms with Crippen LogP contribution in [0.15, 0.2) is 30.5 Å². The van der Waals surface area contributed by atoms with Gasteiger partial charge in [-0.2, -0.15) is 0 Å². The normalized spacial score (nSPS) is 28.9. The fourth-order valence-electron chi connectivity index (χ4n) is 7.35. The number of rotatable bonds is 5. The molecule has 0 spiro atoms. The highest BCUT2D eigenvalue weighted by Crippen LogP contribution is 2.63. The van der Waals surface area contributed by atoms with Crippen LogP contribution in [0.1, 0.15) is 80.8 Å². The number of hydrogen-bond donors (Lipinski definition) is 0. The van der Waals surface area contributed by atoms with Crippen LogP contribution < -0.4 is 4.43 Å². The summed E-state index contributed by atoms with van der Waals surface area (Å²) in [4.78, 5) is 15.8. The van der Waals surface area contributed by atoms with Crippen LogP contribution in [-0.4, -0.2) is 20.3 Å². The number of carbonyl (C=O) groups is 1. The molecule has 4 heteroatoms. The maximum Gasteiger partial charge on any atom is 0.229 e. The third kappa shape index (κ3) is 3.75. The summed E-state index contributed by atoms with van der Waals surface area (Å²) in [5.41, 5.74) is 5.88. The van der Waals surface area contributed by atoms with Crippen molar-refractivity contribution in [3.05, 3.63) is 47.2 Å². The second-order valence-corrected chi connectivity index (χ2v) is 14.4. The van der Waals surface area contributed by atoms with Crippen LogP contribution in [0.4, 0.5) is 0 Å². The Bertz CT molecular complexity index is 984. The van der Waals surface area contributed by atoms with Gasteiger partial charge < -0.3 is 4.43 Å². The molecule has 4 fully saturated rings. The number of carbonyl (C=O) groups excluding carboxylic acids is 1. The fraction of sp³-hybridized carbons (Fsp3) is 0.571. The van der Waals surface area contributed by atoms with E-state index in [9.17, 15) is 4.79 Å². The van der Waals surface area contributed by atoms with Crippen LogP contribution in [0.3, 0.4) is 0 Å². The van der Waals surface area contributed by atoms with E-state index >= 15 is 0 Å². The van der Waals surface area contributed by atoms with Crippen molar-refractivity contribution in [2.75, 3.05) is 0 Å². The van der Waals surface area contributed by atoms with E-state index in [1.165, 1.54) is 49.7 Å². The number of nitrogens with zero attached hydrogens (tertiary/aromatic N) is 1. The first-order chi connectivity index (χ1) is 15.2. The monoisotopic (exact) mass is 447 g/mol. The lowest BCUT2D eigenvalue weighted by atomic mass is 9.47. The van der Waals surface area contributed by atoms with E-state index in [0.29, 0.717) is 5.56 Å². The Hall–Kier alpha value is -1.94. The summed E-state index contributed by atoms with van der Waals surface area (Å²) < 4.78 is 6.84. The van der Waals surface area contributed by atoms with Gasteiger partial charge >= 0.3 is 0 Å². The maximum absolute atomic E-state index is 11.2.